The third-order valence-corrected chi connectivity index (χ3v) is 5.39. The molecule has 3 aromatic rings. The van der Waals surface area contributed by atoms with Crippen molar-refractivity contribution in [3.8, 4) is 0 Å². The SMILES string of the molecule is O=C1CN(C(=O)Nc2cccc(Cl)c2)[C@H](c2ccccc2)c2cc(Br)ccc2N1. The van der Waals surface area contributed by atoms with E-state index in [0.717, 1.165) is 15.6 Å². The van der Waals surface area contributed by atoms with E-state index >= 15 is 0 Å². The smallest absolute Gasteiger partial charge is 0.323 e. The third-order valence-electron chi connectivity index (χ3n) is 4.66. The number of rotatable bonds is 2. The van der Waals surface area contributed by atoms with Crippen LogP contribution in [-0.4, -0.2) is 23.4 Å². The summed E-state index contributed by atoms with van der Waals surface area (Å²) < 4.78 is 0.864. The van der Waals surface area contributed by atoms with Gasteiger partial charge in [-0.15, -0.1) is 0 Å². The Morgan fingerprint density at radius 3 is 2.62 bits per heavy atom. The van der Waals surface area contributed by atoms with Crippen LogP contribution in [-0.2, 0) is 4.79 Å². The maximum Gasteiger partial charge on any atom is 0.323 e. The van der Waals surface area contributed by atoms with E-state index in [2.05, 4.69) is 26.6 Å². The average molecular weight is 471 g/mol. The van der Waals surface area contributed by atoms with Crippen LogP contribution in [0.1, 0.15) is 17.2 Å². The number of hydrogen-bond donors (Lipinski definition) is 2. The van der Waals surface area contributed by atoms with Gasteiger partial charge in [0.25, 0.3) is 0 Å². The average Bonchev–Trinajstić information content (AvgIpc) is 2.84. The topological polar surface area (TPSA) is 61.4 Å². The Hall–Kier alpha value is -2.83. The largest absolute Gasteiger partial charge is 0.324 e. The summed E-state index contributed by atoms with van der Waals surface area (Å²) in [5.41, 5.74) is 2.99. The number of hydrogen-bond acceptors (Lipinski definition) is 2. The lowest BCUT2D eigenvalue weighted by molar-refractivity contribution is -0.116. The van der Waals surface area contributed by atoms with E-state index in [1.54, 1.807) is 24.3 Å². The molecule has 29 heavy (non-hydrogen) atoms. The number of carbonyl (C=O) groups is 2. The minimum Gasteiger partial charge on any atom is -0.324 e. The molecule has 0 aliphatic carbocycles. The lowest BCUT2D eigenvalue weighted by atomic mass is 9.96. The van der Waals surface area contributed by atoms with Crippen LogP contribution < -0.4 is 10.6 Å². The van der Waals surface area contributed by atoms with Crippen molar-refractivity contribution < 1.29 is 9.59 Å². The molecule has 3 aromatic carbocycles. The second kappa shape index (κ2) is 8.27. The Kier molecular flexibility index (Phi) is 5.56. The van der Waals surface area contributed by atoms with Gasteiger partial charge in [-0.2, -0.15) is 0 Å². The summed E-state index contributed by atoms with van der Waals surface area (Å²) in [5, 5.41) is 6.28. The molecule has 0 spiro atoms. The van der Waals surface area contributed by atoms with Crippen LogP contribution in [0.4, 0.5) is 16.2 Å². The number of amides is 3. The van der Waals surface area contributed by atoms with Crippen molar-refractivity contribution in [2.75, 3.05) is 17.2 Å². The molecule has 7 heteroatoms. The number of nitrogens with zero attached hydrogens (tertiary/aromatic N) is 1. The van der Waals surface area contributed by atoms with Gasteiger partial charge in [-0.05, 0) is 42.0 Å². The second-order valence-electron chi connectivity index (χ2n) is 6.66. The van der Waals surface area contributed by atoms with Crippen molar-refractivity contribution in [2.24, 2.45) is 0 Å². The molecular weight excluding hydrogens is 454 g/mol. The second-order valence-corrected chi connectivity index (χ2v) is 8.01. The normalized spacial score (nSPS) is 15.9. The van der Waals surface area contributed by atoms with Crippen LogP contribution >= 0.6 is 27.5 Å². The quantitative estimate of drug-likeness (QED) is 0.506. The highest BCUT2D eigenvalue weighted by Gasteiger charge is 2.33. The van der Waals surface area contributed by atoms with E-state index in [4.69, 9.17) is 11.6 Å². The minimum atomic E-state index is -0.443. The summed E-state index contributed by atoms with van der Waals surface area (Å²) in [6.07, 6.45) is 0. The summed E-state index contributed by atoms with van der Waals surface area (Å²) in [6, 6.07) is 21.4. The molecule has 5 nitrogen and oxygen atoms in total. The van der Waals surface area contributed by atoms with Gasteiger partial charge < -0.3 is 15.5 Å². The Bertz CT molecular complexity index is 1070. The number of anilines is 2. The molecule has 0 radical (unpaired) electrons. The summed E-state index contributed by atoms with van der Waals surface area (Å²) in [6.45, 7) is -0.0851. The Balaban J connectivity index is 1.79. The Morgan fingerprint density at radius 2 is 1.86 bits per heavy atom. The molecule has 3 amide bonds. The van der Waals surface area contributed by atoms with Gasteiger partial charge in [-0.25, -0.2) is 4.79 Å². The fourth-order valence-electron chi connectivity index (χ4n) is 3.42. The number of fused-ring (bicyclic) bond motifs is 1. The highest BCUT2D eigenvalue weighted by molar-refractivity contribution is 9.10. The van der Waals surface area contributed by atoms with Crippen LogP contribution in [0.25, 0.3) is 0 Å². The van der Waals surface area contributed by atoms with Gasteiger partial charge in [0.05, 0.1) is 6.04 Å². The number of benzene rings is 3. The van der Waals surface area contributed by atoms with E-state index in [1.807, 2.05) is 48.5 Å². The highest BCUT2D eigenvalue weighted by Crippen LogP contribution is 2.37. The van der Waals surface area contributed by atoms with Crippen LogP contribution in [0.15, 0.2) is 77.3 Å². The summed E-state index contributed by atoms with van der Waals surface area (Å²) in [5.74, 6) is -0.256. The van der Waals surface area contributed by atoms with Gasteiger partial charge in [0.15, 0.2) is 0 Å². The Labute approximate surface area is 181 Å². The predicted molar refractivity (Wildman–Crippen MR) is 118 cm³/mol. The molecule has 0 fully saturated rings. The van der Waals surface area contributed by atoms with Crippen molar-refractivity contribution in [1.82, 2.24) is 4.90 Å². The van der Waals surface area contributed by atoms with E-state index < -0.39 is 6.04 Å². The maximum absolute atomic E-state index is 13.2. The summed E-state index contributed by atoms with van der Waals surface area (Å²) in [7, 11) is 0. The predicted octanol–water partition coefficient (Wildman–Crippen LogP) is 5.68. The minimum absolute atomic E-state index is 0.0851. The molecule has 0 aromatic heterocycles. The van der Waals surface area contributed by atoms with Crippen molar-refractivity contribution in [3.63, 3.8) is 0 Å². The van der Waals surface area contributed by atoms with E-state index in [9.17, 15) is 9.59 Å². The first kappa shape index (κ1) is 19.5. The van der Waals surface area contributed by atoms with Gasteiger partial charge >= 0.3 is 6.03 Å². The molecule has 146 valence electrons. The Morgan fingerprint density at radius 1 is 1.07 bits per heavy atom. The van der Waals surface area contributed by atoms with Gasteiger partial charge in [-0.1, -0.05) is 63.9 Å². The van der Waals surface area contributed by atoms with Crippen LogP contribution in [0.5, 0.6) is 0 Å². The molecule has 0 bridgehead atoms. The summed E-state index contributed by atoms with van der Waals surface area (Å²) in [4.78, 5) is 27.3. The fraction of sp³-hybridized carbons (Fsp3) is 0.0909. The molecule has 0 saturated heterocycles. The van der Waals surface area contributed by atoms with Crippen molar-refractivity contribution in [1.29, 1.82) is 0 Å². The van der Waals surface area contributed by atoms with Crippen LogP contribution in [0.2, 0.25) is 5.02 Å². The molecule has 1 heterocycles. The lowest BCUT2D eigenvalue weighted by Crippen LogP contribution is -2.41. The standard InChI is InChI=1S/C22H17BrClN3O2/c23-15-9-10-19-18(11-15)21(14-5-2-1-3-6-14)27(13-20(28)26-19)22(29)25-17-8-4-7-16(24)12-17/h1-12,21H,13H2,(H,25,29)(H,26,28)/t21-/m1/s1. The van der Waals surface area contributed by atoms with Gasteiger partial charge in [0.1, 0.15) is 6.54 Å². The van der Waals surface area contributed by atoms with Crippen LogP contribution in [0, 0.1) is 0 Å². The molecule has 1 aliphatic heterocycles. The monoisotopic (exact) mass is 469 g/mol. The third kappa shape index (κ3) is 4.28. The van der Waals surface area contributed by atoms with Gasteiger partial charge in [0, 0.05) is 26.4 Å². The van der Waals surface area contributed by atoms with Crippen LogP contribution in [0.3, 0.4) is 0 Å². The molecule has 2 N–H and O–H groups in total. The van der Waals surface area contributed by atoms with E-state index in [0.29, 0.717) is 16.4 Å². The number of urea groups is 1. The van der Waals surface area contributed by atoms with Gasteiger partial charge in [-0.3, -0.25) is 4.79 Å². The summed E-state index contributed by atoms with van der Waals surface area (Å²) >= 11 is 9.54. The first-order valence-corrected chi connectivity index (χ1v) is 10.2. The zero-order valence-corrected chi connectivity index (χ0v) is 17.6. The first-order valence-electron chi connectivity index (χ1n) is 8.99. The fourth-order valence-corrected chi connectivity index (χ4v) is 3.99. The molecule has 1 atom stereocenters. The lowest BCUT2D eigenvalue weighted by Gasteiger charge is -2.30. The molecular formula is C22H17BrClN3O2. The van der Waals surface area contributed by atoms with Crippen molar-refractivity contribution in [2.45, 2.75) is 6.04 Å². The number of carbonyl (C=O) groups excluding carboxylic acids is 2. The highest BCUT2D eigenvalue weighted by atomic mass is 79.9. The molecule has 0 unspecified atom stereocenters. The number of nitrogens with one attached hydrogen (secondary N) is 2. The van der Waals surface area contributed by atoms with Crippen molar-refractivity contribution >= 4 is 50.8 Å². The maximum atomic E-state index is 13.2. The van der Waals surface area contributed by atoms with Gasteiger partial charge in [0.2, 0.25) is 5.91 Å². The number of halogens is 2. The van der Waals surface area contributed by atoms with E-state index in [-0.39, 0.29) is 18.5 Å². The van der Waals surface area contributed by atoms with Crippen molar-refractivity contribution in [3.05, 3.63) is 93.4 Å². The molecule has 0 saturated carbocycles. The zero-order valence-electron chi connectivity index (χ0n) is 15.2. The molecule has 4 rings (SSSR count). The zero-order chi connectivity index (χ0) is 20.4. The first-order chi connectivity index (χ1) is 14.0. The molecule has 1 aliphatic rings. The van der Waals surface area contributed by atoms with E-state index in [1.165, 1.54) is 4.90 Å².